The van der Waals surface area contributed by atoms with Gasteiger partial charge in [-0.25, -0.2) is 0 Å². The smallest absolute Gasteiger partial charge is 0.310 e. The van der Waals surface area contributed by atoms with Crippen molar-refractivity contribution in [3.05, 3.63) is 53.1 Å². The Labute approximate surface area is 146 Å². The van der Waals surface area contributed by atoms with Gasteiger partial charge in [-0.3, -0.25) is 9.59 Å². The molecule has 1 unspecified atom stereocenters. The largest absolute Gasteiger partial charge is 0.493 e. The van der Waals surface area contributed by atoms with E-state index in [9.17, 15) is 9.59 Å². The molecule has 0 radical (unpaired) electrons. The number of ether oxygens (including phenoxy) is 2. The number of aliphatic carboxylic acids is 1. The first-order chi connectivity index (χ1) is 11.9. The molecule has 0 saturated carbocycles. The number of methoxy groups -OCH3 is 2. The first-order valence-corrected chi connectivity index (χ1v) is 7.74. The van der Waals surface area contributed by atoms with Crippen LogP contribution in [0.3, 0.4) is 0 Å². The molecule has 1 amide bonds. The molecule has 0 aliphatic heterocycles. The highest BCUT2D eigenvalue weighted by Crippen LogP contribution is 2.30. The minimum Gasteiger partial charge on any atom is -0.493 e. The van der Waals surface area contributed by atoms with Crippen LogP contribution in [0, 0.1) is 6.92 Å². The van der Waals surface area contributed by atoms with Crippen LogP contribution in [-0.2, 0) is 4.79 Å². The number of nitrogens with one attached hydrogen (secondary N) is 1. The summed E-state index contributed by atoms with van der Waals surface area (Å²) in [5, 5.41) is 11.9. The summed E-state index contributed by atoms with van der Waals surface area (Å²) >= 11 is 0. The molecule has 2 N–H and O–H groups in total. The Kier molecular flexibility index (Phi) is 5.64. The topological polar surface area (TPSA) is 84.9 Å². The molecule has 6 nitrogen and oxygen atoms in total. The Morgan fingerprint density at radius 1 is 1.08 bits per heavy atom. The zero-order valence-electron chi connectivity index (χ0n) is 14.6. The monoisotopic (exact) mass is 343 g/mol. The van der Waals surface area contributed by atoms with Crippen LogP contribution in [0.25, 0.3) is 0 Å². The standard InChI is InChI=1S/C19H21NO5/c1-11-8-16(24-3)17(25-4)10-15(11)18(21)20-14-7-5-6-13(9-14)12(2)19(22)23/h5-10,12H,1-4H3,(H,20,21)(H,22,23). The minimum absolute atomic E-state index is 0.307. The van der Waals surface area contributed by atoms with E-state index in [1.165, 1.54) is 14.2 Å². The van der Waals surface area contributed by atoms with E-state index in [0.29, 0.717) is 28.3 Å². The molecule has 2 aromatic carbocycles. The molecule has 0 fully saturated rings. The number of amides is 1. The van der Waals surface area contributed by atoms with Crippen LogP contribution < -0.4 is 14.8 Å². The molecule has 0 aliphatic rings. The summed E-state index contributed by atoms with van der Waals surface area (Å²) < 4.78 is 10.5. The number of carboxylic acids is 1. The van der Waals surface area contributed by atoms with E-state index in [4.69, 9.17) is 14.6 Å². The maximum atomic E-state index is 12.6. The van der Waals surface area contributed by atoms with Crippen LogP contribution in [0.1, 0.15) is 34.3 Å². The fourth-order valence-electron chi connectivity index (χ4n) is 2.45. The molecule has 0 heterocycles. The van der Waals surface area contributed by atoms with Gasteiger partial charge in [-0.2, -0.15) is 0 Å². The second kappa shape index (κ2) is 7.70. The van der Waals surface area contributed by atoms with Gasteiger partial charge in [-0.15, -0.1) is 0 Å². The molecule has 6 heteroatoms. The zero-order valence-corrected chi connectivity index (χ0v) is 14.6. The lowest BCUT2D eigenvalue weighted by Crippen LogP contribution is -2.14. The summed E-state index contributed by atoms with van der Waals surface area (Å²) in [6, 6.07) is 10.2. The average molecular weight is 343 g/mol. The summed E-state index contributed by atoms with van der Waals surface area (Å²) in [6.07, 6.45) is 0. The van der Waals surface area contributed by atoms with Gasteiger partial charge in [0.15, 0.2) is 11.5 Å². The van der Waals surface area contributed by atoms with E-state index in [-0.39, 0.29) is 5.91 Å². The van der Waals surface area contributed by atoms with Crippen molar-refractivity contribution in [1.29, 1.82) is 0 Å². The quantitative estimate of drug-likeness (QED) is 0.839. The molecule has 2 aromatic rings. The van der Waals surface area contributed by atoms with Crippen molar-refractivity contribution in [2.45, 2.75) is 19.8 Å². The summed E-state index contributed by atoms with van der Waals surface area (Å²) in [7, 11) is 3.04. The molecular weight excluding hydrogens is 322 g/mol. The second-order valence-corrected chi connectivity index (χ2v) is 5.66. The van der Waals surface area contributed by atoms with Gasteiger partial charge in [-0.05, 0) is 49.2 Å². The first kappa shape index (κ1) is 18.3. The van der Waals surface area contributed by atoms with Gasteiger partial charge < -0.3 is 19.9 Å². The Morgan fingerprint density at radius 3 is 2.32 bits per heavy atom. The number of aryl methyl sites for hydroxylation is 1. The van der Waals surface area contributed by atoms with Crippen molar-refractivity contribution in [1.82, 2.24) is 0 Å². The van der Waals surface area contributed by atoms with Gasteiger partial charge in [0.1, 0.15) is 0 Å². The van der Waals surface area contributed by atoms with Crippen LogP contribution >= 0.6 is 0 Å². The van der Waals surface area contributed by atoms with Crippen LogP contribution in [0.2, 0.25) is 0 Å². The number of carboxylic acid groups (broad SMARTS) is 1. The fourth-order valence-corrected chi connectivity index (χ4v) is 2.45. The van der Waals surface area contributed by atoms with Crippen molar-refractivity contribution in [3.8, 4) is 11.5 Å². The van der Waals surface area contributed by atoms with Crippen LogP contribution in [0.15, 0.2) is 36.4 Å². The molecule has 2 rings (SSSR count). The lowest BCUT2D eigenvalue weighted by atomic mass is 10.0. The highest BCUT2D eigenvalue weighted by molar-refractivity contribution is 6.05. The van der Waals surface area contributed by atoms with Crippen LogP contribution in [0.4, 0.5) is 5.69 Å². The van der Waals surface area contributed by atoms with E-state index in [1.807, 2.05) is 0 Å². The van der Waals surface area contributed by atoms with E-state index in [0.717, 1.165) is 5.56 Å². The van der Waals surface area contributed by atoms with Gasteiger partial charge in [0.2, 0.25) is 0 Å². The number of anilines is 1. The number of carbonyl (C=O) groups is 2. The molecule has 0 aliphatic carbocycles. The SMILES string of the molecule is COc1cc(C)c(C(=O)Nc2cccc(C(C)C(=O)O)c2)cc1OC. The highest BCUT2D eigenvalue weighted by Gasteiger charge is 2.17. The number of hydrogen-bond acceptors (Lipinski definition) is 4. The van der Waals surface area contributed by atoms with E-state index < -0.39 is 11.9 Å². The van der Waals surface area contributed by atoms with Gasteiger partial charge >= 0.3 is 5.97 Å². The van der Waals surface area contributed by atoms with E-state index >= 15 is 0 Å². The van der Waals surface area contributed by atoms with Crippen molar-refractivity contribution < 1.29 is 24.2 Å². The molecular formula is C19H21NO5. The molecule has 132 valence electrons. The van der Waals surface area contributed by atoms with Gasteiger partial charge in [-0.1, -0.05) is 12.1 Å². The first-order valence-electron chi connectivity index (χ1n) is 7.74. The van der Waals surface area contributed by atoms with E-state index in [1.54, 1.807) is 50.2 Å². The maximum Gasteiger partial charge on any atom is 0.310 e. The minimum atomic E-state index is -0.917. The van der Waals surface area contributed by atoms with Crippen LogP contribution in [0.5, 0.6) is 11.5 Å². The van der Waals surface area contributed by atoms with Gasteiger partial charge in [0, 0.05) is 11.3 Å². The average Bonchev–Trinajstić information content (AvgIpc) is 2.60. The molecule has 1 atom stereocenters. The van der Waals surface area contributed by atoms with Gasteiger partial charge in [0.05, 0.1) is 20.1 Å². The molecule has 0 saturated heterocycles. The molecule has 0 aromatic heterocycles. The van der Waals surface area contributed by atoms with Crippen molar-refractivity contribution in [3.63, 3.8) is 0 Å². The predicted molar refractivity (Wildman–Crippen MR) is 94.7 cm³/mol. The van der Waals surface area contributed by atoms with Gasteiger partial charge in [0.25, 0.3) is 5.91 Å². The Balaban J connectivity index is 2.28. The molecule has 0 bridgehead atoms. The normalized spacial score (nSPS) is 11.5. The number of rotatable bonds is 6. The summed E-state index contributed by atoms with van der Waals surface area (Å²) in [5.41, 5.74) is 2.35. The summed E-state index contributed by atoms with van der Waals surface area (Å²) in [5.74, 6) is -0.863. The highest BCUT2D eigenvalue weighted by atomic mass is 16.5. The molecule has 25 heavy (non-hydrogen) atoms. The third kappa shape index (κ3) is 4.09. The fraction of sp³-hybridized carbons (Fsp3) is 0.263. The van der Waals surface area contributed by atoms with Crippen molar-refractivity contribution in [2.75, 3.05) is 19.5 Å². The third-order valence-electron chi connectivity index (χ3n) is 3.99. The van der Waals surface area contributed by atoms with Crippen LogP contribution in [-0.4, -0.2) is 31.2 Å². The van der Waals surface area contributed by atoms with Crippen molar-refractivity contribution >= 4 is 17.6 Å². The van der Waals surface area contributed by atoms with Crippen molar-refractivity contribution in [2.24, 2.45) is 0 Å². The number of carbonyl (C=O) groups excluding carboxylic acids is 1. The Bertz CT molecular complexity index is 800. The summed E-state index contributed by atoms with van der Waals surface area (Å²) in [6.45, 7) is 3.40. The summed E-state index contributed by atoms with van der Waals surface area (Å²) in [4.78, 5) is 23.7. The lowest BCUT2D eigenvalue weighted by Gasteiger charge is -2.14. The Morgan fingerprint density at radius 2 is 1.72 bits per heavy atom. The second-order valence-electron chi connectivity index (χ2n) is 5.66. The maximum absolute atomic E-state index is 12.6. The predicted octanol–water partition coefficient (Wildman–Crippen LogP) is 3.45. The molecule has 0 spiro atoms. The zero-order chi connectivity index (χ0) is 18.6. The Hall–Kier alpha value is -3.02. The number of hydrogen-bond donors (Lipinski definition) is 2. The third-order valence-corrected chi connectivity index (χ3v) is 3.99. The number of benzene rings is 2. The lowest BCUT2D eigenvalue weighted by molar-refractivity contribution is -0.138. The van der Waals surface area contributed by atoms with E-state index in [2.05, 4.69) is 5.32 Å².